The molecule has 1 aromatic rings. The highest BCUT2D eigenvalue weighted by atomic mass is 16.5. The first-order valence-electron chi connectivity index (χ1n) is 6.78. The summed E-state index contributed by atoms with van der Waals surface area (Å²) >= 11 is 0. The second kappa shape index (κ2) is 5.72. The zero-order valence-corrected chi connectivity index (χ0v) is 11.5. The molecular weight excluding hydrogens is 224 g/mol. The normalized spacial score (nSPS) is 25.1. The van der Waals surface area contributed by atoms with Gasteiger partial charge >= 0.3 is 0 Å². The fraction of sp³-hybridized carbons (Fsp3) is 0.600. The van der Waals surface area contributed by atoms with Gasteiger partial charge in [-0.15, -0.1) is 0 Å². The molecule has 0 aliphatic carbocycles. The number of para-hydroxylation sites is 1. The van der Waals surface area contributed by atoms with E-state index in [4.69, 9.17) is 10.5 Å². The summed E-state index contributed by atoms with van der Waals surface area (Å²) in [4.78, 5) is 2.37. The molecule has 18 heavy (non-hydrogen) atoms. The lowest BCUT2D eigenvalue weighted by atomic mass is 9.88. The van der Waals surface area contributed by atoms with Crippen LogP contribution in [0.15, 0.2) is 24.3 Å². The molecule has 100 valence electrons. The summed E-state index contributed by atoms with van der Waals surface area (Å²) in [7, 11) is 2.16. The Balaban J connectivity index is 2.05. The Hall–Kier alpha value is -1.06. The van der Waals surface area contributed by atoms with Crippen molar-refractivity contribution in [2.75, 3.05) is 26.7 Å². The Kier molecular flexibility index (Phi) is 4.25. The maximum absolute atomic E-state index is 6.02. The van der Waals surface area contributed by atoms with Gasteiger partial charge in [0.2, 0.25) is 0 Å². The number of rotatable bonds is 4. The summed E-state index contributed by atoms with van der Waals surface area (Å²) in [6.07, 6.45) is 3.65. The van der Waals surface area contributed by atoms with E-state index >= 15 is 0 Å². The average Bonchev–Trinajstić information content (AvgIpc) is 2.40. The third-order valence-corrected chi connectivity index (χ3v) is 4.17. The molecule has 2 N–H and O–H groups in total. The molecule has 1 saturated heterocycles. The predicted molar refractivity (Wildman–Crippen MR) is 74.9 cm³/mol. The number of piperidine rings is 1. The molecule has 0 saturated carbocycles. The van der Waals surface area contributed by atoms with E-state index in [1.165, 1.54) is 18.4 Å². The van der Waals surface area contributed by atoms with Crippen molar-refractivity contribution in [2.24, 2.45) is 5.73 Å². The first kappa shape index (κ1) is 13.4. The van der Waals surface area contributed by atoms with Crippen molar-refractivity contribution < 1.29 is 4.74 Å². The molecule has 1 atom stereocenters. The maximum Gasteiger partial charge on any atom is 0.122 e. The quantitative estimate of drug-likeness (QED) is 0.887. The van der Waals surface area contributed by atoms with Crippen molar-refractivity contribution in [3.8, 4) is 5.75 Å². The highest BCUT2D eigenvalue weighted by molar-refractivity contribution is 5.31. The lowest BCUT2D eigenvalue weighted by Gasteiger charge is -2.44. The molecule has 1 fully saturated rings. The van der Waals surface area contributed by atoms with Crippen LogP contribution in [0.5, 0.6) is 5.75 Å². The largest absolute Gasteiger partial charge is 0.491 e. The van der Waals surface area contributed by atoms with Gasteiger partial charge in [-0.05, 0) is 45.0 Å². The maximum atomic E-state index is 6.02. The summed E-state index contributed by atoms with van der Waals surface area (Å²) in [5.41, 5.74) is 7.21. The number of likely N-dealkylation sites (tertiary alicyclic amines) is 1. The molecule has 1 aromatic carbocycles. The van der Waals surface area contributed by atoms with Crippen LogP contribution >= 0.6 is 0 Å². The zero-order chi connectivity index (χ0) is 13.0. The Labute approximate surface area is 110 Å². The van der Waals surface area contributed by atoms with Gasteiger partial charge in [0, 0.05) is 6.54 Å². The van der Waals surface area contributed by atoms with Crippen LogP contribution in [0.2, 0.25) is 0 Å². The second-order valence-corrected chi connectivity index (χ2v) is 5.36. The van der Waals surface area contributed by atoms with Crippen LogP contribution in [-0.2, 0) is 0 Å². The van der Waals surface area contributed by atoms with Crippen LogP contribution in [0.25, 0.3) is 0 Å². The number of aryl methyl sites for hydroxylation is 1. The van der Waals surface area contributed by atoms with Crippen LogP contribution < -0.4 is 10.5 Å². The van der Waals surface area contributed by atoms with Gasteiger partial charge in [0.15, 0.2) is 0 Å². The van der Waals surface area contributed by atoms with Crippen LogP contribution in [0.1, 0.15) is 24.8 Å². The van der Waals surface area contributed by atoms with Gasteiger partial charge in [-0.2, -0.15) is 0 Å². The molecule has 2 rings (SSSR count). The second-order valence-electron chi connectivity index (χ2n) is 5.36. The lowest BCUT2D eigenvalue weighted by Crippen LogP contribution is -2.58. The van der Waals surface area contributed by atoms with Gasteiger partial charge in [0.05, 0.1) is 5.54 Å². The van der Waals surface area contributed by atoms with E-state index in [0.717, 1.165) is 18.7 Å². The van der Waals surface area contributed by atoms with Crippen LogP contribution in [0.3, 0.4) is 0 Å². The monoisotopic (exact) mass is 248 g/mol. The van der Waals surface area contributed by atoms with Gasteiger partial charge in [-0.25, -0.2) is 0 Å². The molecule has 0 amide bonds. The number of hydrogen-bond donors (Lipinski definition) is 1. The van der Waals surface area contributed by atoms with Crippen molar-refractivity contribution in [3.05, 3.63) is 29.8 Å². The van der Waals surface area contributed by atoms with E-state index in [0.29, 0.717) is 13.2 Å². The summed E-state index contributed by atoms with van der Waals surface area (Å²) in [5.74, 6) is 0.976. The van der Waals surface area contributed by atoms with Crippen LogP contribution in [0.4, 0.5) is 0 Å². The molecule has 0 bridgehead atoms. The number of benzene rings is 1. The molecule has 1 unspecified atom stereocenters. The fourth-order valence-electron chi connectivity index (χ4n) is 2.66. The molecule has 0 spiro atoms. The van der Waals surface area contributed by atoms with E-state index in [1.54, 1.807) is 0 Å². The highest BCUT2D eigenvalue weighted by Crippen LogP contribution is 2.27. The zero-order valence-electron chi connectivity index (χ0n) is 11.5. The molecule has 0 aromatic heterocycles. The van der Waals surface area contributed by atoms with Crippen molar-refractivity contribution >= 4 is 0 Å². The number of hydrogen-bond acceptors (Lipinski definition) is 3. The minimum atomic E-state index is 0.0144. The lowest BCUT2D eigenvalue weighted by molar-refractivity contribution is 0.0338. The third kappa shape index (κ3) is 2.68. The van der Waals surface area contributed by atoms with E-state index in [-0.39, 0.29) is 5.54 Å². The number of nitrogens with zero attached hydrogens (tertiary/aromatic N) is 1. The Morgan fingerprint density at radius 1 is 1.33 bits per heavy atom. The number of nitrogens with two attached hydrogens (primary N) is 1. The summed E-state index contributed by atoms with van der Waals surface area (Å²) in [5, 5.41) is 0. The van der Waals surface area contributed by atoms with Crippen molar-refractivity contribution in [1.29, 1.82) is 0 Å². The van der Waals surface area contributed by atoms with Gasteiger partial charge in [-0.3, -0.25) is 4.90 Å². The van der Waals surface area contributed by atoms with Crippen molar-refractivity contribution in [3.63, 3.8) is 0 Å². The molecule has 1 aliphatic rings. The fourth-order valence-corrected chi connectivity index (χ4v) is 2.66. The Bertz CT molecular complexity index is 394. The van der Waals surface area contributed by atoms with E-state index in [9.17, 15) is 0 Å². The van der Waals surface area contributed by atoms with Gasteiger partial charge in [0.25, 0.3) is 0 Å². The third-order valence-electron chi connectivity index (χ3n) is 4.17. The minimum Gasteiger partial charge on any atom is -0.491 e. The van der Waals surface area contributed by atoms with Crippen molar-refractivity contribution in [1.82, 2.24) is 4.90 Å². The number of ether oxygens (including phenoxy) is 1. The summed E-state index contributed by atoms with van der Waals surface area (Å²) in [6.45, 7) is 4.55. The van der Waals surface area contributed by atoms with Crippen LogP contribution in [-0.4, -0.2) is 37.2 Å². The summed E-state index contributed by atoms with van der Waals surface area (Å²) < 4.78 is 6.02. The molecule has 1 aliphatic heterocycles. The van der Waals surface area contributed by atoms with E-state index in [1.807, 2.05) is 18.2 Å². The standard InChI is InChI=1S/C15H24N2O/c1-13-7-3-4-8-14(13)18-12-15(11-16)9-5-6-10-17(15)2/h3-4,7-8H,5-6,9-12,16H2,1-2H3. The van der Waals surface area contributed by atoms with Gasteiger partial charge in [-0.1, -0.05) is 24.6 Å². The first-order valence-corrected chi connectivity index (χ1v) is 6.78. The molecule has 3 heteroatoms. The van der Waals surface area contributed by atoms with E-state index in [2.05, 4.69) is 24.9 Å². The predicted octanol–water partition coefficient (Wildman–Crippen LogP) is 2.19. The minimum absolute atomic E-state index is 0.0144. The van der Waals surface area contributed by atoms with Crippen molar-refractivity contribution in [2.45, 2.75) is 31.7 Å². The van der Waals surface area contributed by atoms with Gasteiger partial charge < -0.3 is 10.5 Å². The molecule has 1 heterocycles. The Morgan fingerprint density at radius 3 is 2.78 bits per heavy atom. The average molecular weight is 248 g/mol. The molecular formula is C15H24N2O. The smallest absolute Gasteiger partial charge is 0.122 e. The molecule has 3 nitrogen and oxygen atoms in total. The SMILES string of the molecule is Cc1ccccc1OCC1(CN)CCCCN1C. The first-order chi connectivity index (χ1) is 8.68. The van der Waals surface area contributed by atoms with Gasteiger partial charge in [0.1, 0.15) is 12.4 Å². The highest BCUT2D eigenvalue weighted by Gasteiger charge is 2.36. The summed E-state index contributed by atoms with van der Waals surface area (Å²) in [6, 6.07) is 8.16. The van der Waals surface area contributed by atoms with E-state index < -0.39 is 0 Å². The number of likely N-dealkylation sites (N-methyl/N-ethyl adjacent to an activating group) is 1. The van der Waals surface area contributed by atoms with Crippen LogP contribution in [0, 0.1) is 6.92 Å². The molecule has 0 radical (unpaired) electrons. The Morgan fingerprint density at radius 2 is 2.11 bits per heavy atom. The topological polar surface area (TPSA) is 38.5 Å².